The first-order valence-corrected chi connectivity index (χ1v) is 22.8. The summed E-state index contributed by atoms with van der Waals surface area (Å²) in [6.45, 7) is 0. The highest BCUT2D eigenvalue weighted by molar-refractivity contribution is 6.42. The zero-order chi connectivity index (χ0) is 43.2. The Morgan fingerprint density at radius 1 is 0.328 bits per heavy atom. The van der Waals surface area contributed by atoms with Crippen LogP contribution in [0.15, 0.2) is 192 Å². The van der Waals surface area contributed by atoms with Gasteiger partial charge in [-0.15, -0.1) is 0 Å². The molecule has 0 aliphatic rings. The molecule has 17 rings (SSSR count). The third kappa shape index (κ3) is 4.24. The first-order valence-electron chi connectivity index (χ1n) is 22.8. The number of hydrogen-bond donors (Lipinski definition) is 0. The predicted molar refractivity (Wildman–Crippen MR) is 276 cm³/mol. The number of rotatable bonds is 4. The molecule has 0 bridgehead atoms. The van der Waals surface area contributed by atoms with Crippen molar-refractivity contribution in [2.45, 2.75) is 0 Å². The number of para-hydroxylation sites is 2. The third-order valence-corrected chi connectivity index (χ3v) is 15.0. The maximum absolute atomic E-state index is 6.24. The van der Waals surface area contributed by atoms with Crippen molar-refractivity contribution in [3.05, 3.63) is 188 Å². The Morgan fingerprint density at radius 3 is 1.78 bits per heavy atom. The van der Waals surface area contributed by atoms with E-state index in [2.05, 4.69) is 173 Å². The lowest BCUT2D eigenvalue weighted by atomic mass is 9.96. The fraction of sp³-hybridized carbons (Fsp3) is 0. The molecule has 11 aromatic carbocycles. The van der Waals surface area contributed by atoms with Crippen LogP contribution in [-0.4, -0.2) is 23.9 Å². The summed E-state index contributed by atoms with van der Waals surface area (Å²) in [7, 11) is 0. The molecule has 0 N–H and O–H groups in total. The van der Waals surface area contributed by atoms with E-state index < -0.39 is 0 Å². The van der Waals surface area contributed by atoms with Crippen molar-refractivity contribution in [2.75, 3.05) is 0 Å². The van der Waals surface area contributed by atoms with Gasteiger partial charge in [-0.3, -0.25) is 0 Å². The summed E-state index contributed by atoms with van der Waals surface area (Å²) in [6.07, 6.45) is 0. The Hall–Kier alpha value is -9.13. The lowest BCUT2D eigenvalue weighted by molar-refractivity contribution is 0.669. The van der Waals surface area contributed by atoms with Gasteiger partial charge in [0.1, 0.15) is 11.2 Å². The highest BCUT2D eigenvalue weighted by atomic mass is 16.3. The van der Waals surface area contributed by atoms with E-state index >= 15 is 0 Å². The summed E-state index contributed by atoms with van der Waals surface area (Å²) >= 11 is 0. The number of fused-ring (bicyclic) bond motifs is 7. The van der Waals surface area contributed by atoms with E-state index in [0.717, 1.165) is 60.5 Å². The van der Waals surface area contributed by atoms with Crippen LogP contribution in [0.25, 0.3) is 165 Å². The fourth-order valence-electron chi connectivity index (χ4n) is 12.1. The van der Waals surface area contributed by atoms with Gasteiger partial charge < -0.3 is 13.4 Å². The molecular weight excluding hydrogens is 819 g/mol. The topological polar surface area (TPSA) is 61.2 Å². The highest BCUT2D eigenvalue weighted by Crippen LogP contribution is 2.52. The highest BCUT2D eigenvalue weighted by Gasteiger charge is 2.29. The van der Waals surface area contributed by atoms with Gasteiger partial charge in [-0.1, -0.05) is 133 Å². The van der Waals surface area contributed by atoms with Gasteiger partial charge in [-0.2, -0.15) is 0 Å². The molecule has 0 atom stereocenters. The summed E-state index contributed by atoms with van der Waals surface area (Å²) in [5.41, 5.74) is 11.9. The van der Waals surface area contributed by atoms with Crippen molar-refractivity contribution >= 4 is 125 Å². The van der Waals surface area contributed by atoms with Crippen LogP contribution in [-0.2, 0) is 0 Å². The minimum atomic E-state index is 0.604. The molecule has 0 fully saturated rings. The molecule has 0 radical (unpaired) electrons. The Bertz CT molecular complexity index is 4940. The van der Waals surface area contributed by atoms with Gasteiger partial charge in [0.2, 0.25) is 0 Å². The summed E-state index contributed by atoms with van der Waals surface area (Å²) < 4.78 is 11.3. The van der Waals surface area contributed by atoms with E-state index in [-0.39, 0.29) is 0 Å². The molecule has 0 unspecified atom stereocenters. The summed E-state index contributed by atoms with van der Waals surface area (Å²) in [4.78, 5) is 15.9. The number of furan rings is 1. The van der Waals surface area contributed by atoms with Crippen molar-refractivity contribution in [3.63, 3.8) is 0 Å². The quantitative estimate of drug-likeness (QED) is 0.166. The molecule has 0 amide bonds. The molecule has 67 heavy (non-hydrogen) atoms. The Labute approximate surface area is 379 Å². The average molecular weight is 850 g/mol. The first-order chi connectivity index (χ1) is 33.2. The average Bonchev–Trinajstić information content (AvgIpc) is 4.11. The predicted octanol–water partition coefficient (Wildman–Crippen LogP) is 15.9. The number of benzene rings is 11. The number of hydrogen-bond acceptors (Lipinski definition) is 4. The molecule has 0 spiro atoms. The van der Waals surface area contributed by atoms with E-state index in [1.54, 1.807) is 0 Å². The molecule has 6 aromatic heterocycles. The van der Waals surface area contributed by atoms with Crippen LogP contribution in [0.3, 0.4) is 0 Å². The molecule has 17 aromatic rings. The SMILES string of the molecule is c1ccc2cc(-c3nc(-c4ccc5oc6ccccc6c5c4)nc(-c4ccc(-n5c6ccc7ccc8ccc9c%10cccc%11c%12ccc5c5c6c7c8c9n(c%10%11)c%125)c5ccccc45)n3)ccc2c1. The molecule has 0 saturated heterocycles. The smallest absolute Gasteiger partial charge is 0.164 e. The second-order valence-corrected chi connectivity index (χ2v) is 18.3. The molecule has 6 heterocycles. The Morgan fingerprint density at radius 2 is 0.910 bits per heavy atom. The van der Waals surface area contributed by atoms with E-state index in [1.807, 2.05) is 24.3 Å². The van der Waals surface area contributed by atoms with E-state index in [0.29, 0.717) is 17.5 Å². The van der Waals surface area contributed by atoms with Crippen molar-refractivity contribution in [3.8, 4) is 39.9 Å². The lowest BCUT2D eigenvalue weighted by Gasteiger charge is -2.16. The van der Waals surface area contributed by atoms with Crippen LogP contribution in [0.1, 0.15) is 0 Å². The summed E-state index contributed by atoms with van der Waals surface area (Å²) in [5, 5.41) is 19.6. The molecule has 306 valence electrons. The maximum atomic E-state index is 6.24. The van der Waals surface area contributed by atoms with Crippen LogP contribution in [0, 0.1) is 0 Å². The van der Waals surface area contributed by atoms with Gasteiger partial charge in [0, 0.05) is 75.9 Å². The molecule has 0 saturated carbocycles. The standard InChI is InChI=1S/C61H31N5O/c1-2-9-35-30-36(19-16-32(35)8-1)59-62-60(37-22-29-51-46(31-37)40-12-5-6-15-50(40)67-51)64-61(63-59)45-25-27-47(39-11-4-3-10-38(39)45)65-48-26-21-33-17-18-34-20-23-43-41-13-7-14-42-44-24-28-49(65)55-54(48)52(33)53(34)57(43)66(56(41)42)58(44)55/h1-31H. The van der Waals surface area contributed by atoms with Crippen LogP contribution in [0.5, 0.6) is 0 Å². The molecular formula is C61H31N5O. The monoisotopic (exact) mass is 849 g/mol. The van der Waals surface area contributed by atoms with Gasteiger partial charge in [0.25, 0.3) is 0 Å². The lowest BCUT2D eigenvalue weighted by Crippen LogP contribution is -2.02. The third-order valence-electron chi connectivity index (χ3n) is 15.0. The molecule has 0 aliphatic carbocycles. The normalized spacial score (nSPS) is 12.8. The van der Waals surface area contributed by atoms with Crippen LogP contribution >= 0.6 is 0 Å². The first kappa shape index (κ1) is 34.3. The van der Waals surface area contributed by atoms with Crippen molar-refractivity contribution in [1.82, 2.24) is 23.9 Å². The molecule has 6 nitrogen and oxygen atoms in total. The minimum absolute atomic E-state index is 0.604. The zero-order valence-corrected chi connectivity index (χ0v) is 35.5. The number of nitrogens with zero attached hydrogens (tertiary/aromatic N) is 5. The minimum Gasteiger partial charge on any atom is -0.456 e. The second-order valence-electron chi connectivity index (χ2n) is 18.3. The maximum Gasteiger partial charge on any atom is 0.164 e. The summed E-state index contributed by atoms with van der Waals surface area (Å²) in [5.74, 6) is 1.84. The van der Waals surface area contributed by atoms with Crippen LogP contribution in [0.2, 0.25) is 0 Å². The van der Waals surface area contributed by atoms with Gasteiger partial charge in [-0.05, 0) is 81.5 Å². The Kier molecular flexibility index (Phi) is 6.12. The van der Waals surface area contributed by atoms with Gasteiger partial charge in [-0.25, -0.2) is 15.0 Å². The fourth-order valence-corrected chi connectivity index (χ4v) is 12.1. The van der Waals surface area contributed by atoms with Gasteiger partial charge in [0.15, 0.2) is 17.5 Å². The number of aromatic nitrogens is 5. The zero-order valence-electron chi connectivity index (χ0n) is 35.5. The van der Waals surface area contributed by atoms with Crippen molar-refractivity contribution < 1.29 is 4.42 Å². The summed E-state index contributed by atoms with van der Waals surface area (Å²) in [6, 6.07) is 68.0. The van der Waals surface area contributed by atoms with Crippen LogP contribution in [0.4, 0.5) is 0 Å². The second kappa shape index (κ2) is 12.0. The van der Waals surface area contributed by atoms with Crippen molar-refractivity contribution in [2.24, 2.45) is 0 Å². The van der Waals surface area contributed by atoms with E-state index in [4.69, 9.17) is 19.4 Å². The Balaban J connectivity index is 0.943. The van der Waals surface area contributed by atoms with Crippen molar-refractivity contribution in [1.29, 1.82) is 0 Å². The largest absolute Gasteiger partial charge is 0.456 e. The van der Waals surface area contributed by atoms with Gasteiger partial charge >= 0.3 is 0 Å². The molecule has 6 heteroatoms. The van der Waals surface area contributed by atoms with Gasteiger partial charge in [0.05, 0.1) is 33.3 Å². The molecule has 0 aliphatic heterocycles. The van der Waals surface area contributed by atoms with E-state index in [9.17, 15) is 0 Å². The van der Waals surface area contributed by atoms with E-state index in [1.165, 1.54) is 86.8 Å². The van der Waals surface area contributed by atoms with Crippen LogP contribution < -0.4 is 0 Å².